The van der Waals surface area contributed by atoms with Gasteiger partial charge in [-0.15, -0.1) is 0 Å². The molecule has 5 unspecified atom stereocenters. The second-order valence-electron chi connectivity index (χ2n) is 45.2. The molecule has 15 aromatic carbocycles. The van der Waals surface area contributed by atoms with E-state index < -0.39 is 0 Å². The smallest absolute Gasteiger partial charge is 0.159 e. The van der Waals surface area contributed by atoms with Crippen molar-refractivity contribution >= 4 is 0 Å². The highest BCUT2D eigenvalue weighted by atomic mass is 14.9. The Bertz CT molecular complexity index is 7940. The summed E-state index contributed by atoms with van der Waals surface area (Å²) in [7, 11) is 0. The van der Waals surface area contributed by atoms with Gasteiger partial charge in [0.05, 0.1) is 22.8 Å². The van der Waals surface area contributed by atoms with E-state index in [9.17, 15) is 0 Å². The number of aromatic nitrogens is 6. The molecule has 0 spiro atoms. The number of rotatable bonds is 21. The molecule has 0 saturated heterocycles. The van der Waals surface area contributed by atoms with Crippen molar-refractivity contribution in [3.63, 3.8) is 0 Å². The summed E-state index contributed by atoms with van der Waals surface area (Å²) < 4.78 is 0. The number of pyridine rings is 4. The largest absolute Gasteiger partial charge is 0.256 e. The normalized spacial score (nSPS) is 16.1. The van der Waals surface area contributed by atoms with E-state index in [1.807, 2.05) is 0 Å². The van der Waals surface area contributed by atoms with E-state index in [1.165, 1.54) is 94.6 Å². The highest BCUT2D eigenvalue weighted by Crippen LogP contribution is 2.58. The first kappa shape index (κ1) is 96.7. The van der Waals surface area contributed by atoms with Crippen LogP contribution in [0.3, 0.4) is 0 Å². The zero-order valence-electron chi connectivity index (χ0n) is 87.1. The summed E-state index contributed by atoms with van der Waals surface area (Å²) in [4.78, 5) is 32.6. The van der Waals surface area contributed by atoms with Crippen molar-refractivity contribution < 1.29 is 0 Å². The van der Waals surface area contributed by atoms with Gasteiger partial charge in [0.25, 0.3) is 0 Å². The van der Waals surface area contributed by atoms with Crippen LogP contribution >= 0.6 is 0 Å². The molecule has 5 atom stereocenters. The van der Waals surface area contributed by atoms with Crippen molar-refractivity contribution in [1.29, 1.82) is 0 Å². The van der Waals surface area contributed by atoms with Gasteiger partial charge in [-0.3, -0.25) is 19.9 Å². The van der Waals surface area contributed by atoms with E-state index in [0.29, 0.717) is 5.82 Å². The molecule has 2 aliphatic carbocycles. The predicted octanol–water partition coefficient (Wildman–Crippen LogP) is 37.9. The summed E-state index contributed by atoms with van der Waals surface area (Å²) >= 11 is 0. The number of nitrogens with zero attached hydrogens (tertiary/aromatic N) is 6. The zero-order chi connectivity index (χ0) is 101. The van der Waals surface area contributed by atoms with Crippen LogP contribution in [0.2, 0.25) is 0 Å². The first-order chi connectivity index (χ1) is 71.9. The lowest BCUT2D eigenvalue weighted by atomic mass is 9.65. The van der Waals surface area contributed by atoms with E-state index in [0.717, 1.165) is 161 Å². The van der Waals surface area contributed by atoms with Gasteiger partial charge in [-0.2, -0.15) is 0 Å². The highest BCUT2D eigenvalue weighted by molar-refractivity contribution is 5.92. The lowest BCUT2D eigenvalue weighted by Crippen LogP contribution is -2.22. The van der Waals surface area contributed by atoms with Crippen LogP contribution < -0.4 is 0 Å². The standard InChI is InChI=1S/C142H128N6/c1-139(2,3)111-65-69-119(123(80-111)109-79-127(96-47-27-16-28-48-96)137(146-87-109)101-55-35-20-36-56-101)105-73-104(76-106(77-105)120-70-66-112(140(4,5)6)81-128(120)131-90-143-134(98-49-29-17-30-50-98)84-124(131)93-41-21-13-22-42-93)117-59-39-40-60-118(117)110-88-147-138(148-89-110)102-63-61-97(62-64-102)115-57-37-38-58-116(115)103-74-107(121-71-67-113(141(7,8)9)82-129(121)132-91-144-135(99-51-31-18-32-52-99)85-125(132)94-43-23-14-24-44-94)78-108(75-103)122-72-68-114(142(10,11)12)83-130(122)133-92-145-136(100-53-33-19-34-54-100)86-126(133)95-45-25-15-26-46-95/h13-72,79-92,103-108H,73-78H2,1-12H3. The molecular weight excluding hydrogens is 1790 g/mol. The SMILES string of the molecule is CC(C)(C)c1ccc(C2CC(c3ccccc3-c3cnc(-c4ccc(-c5ccccc5C5CC(c6ccc(C(C)(C)C)cc6-c6cnc(-c7ccccc7)cc6-c6ccccc6)CC(c6ccc(C(C)(C)C)cc6-c6cnc(-c7ccccc7)cc6-c6ccccc6)C5)cc4)nc3)CC(c3ccc(C(C)(C)C)cc3-c3cnc(-c4ccccc4)cc3-c3ccccc3)C2)c(-c2cnc(-c3ccccc3)c(-c3ccccc3)c2)c1. The Morgan fingerprint density at radius 3 is 0.716 bits per heavy atom. The van der Waals surface area contributed by atoms with Crippen LogP contribution in [0.1, 0.15) is 213 Å². The van der Waals surface area contributed by atoms with Crippen LogP contribution in [-0.4, -0.2) is 29.9 Å². The third kappa shape index (κ3) is 20.3. The minimum Gasteiger partial charge on any atom is -0.256 e. The van der Waals surface area contributed by atoms with Gasteiger partial charge in [0.1, 0.15) is 0 Å². The maximum Gasteiger partial charge on any atom is 0.159 e. The van der Waals surface area contributed by atoms with E-state index in [4.69, 9.17) is 29.9 Å². The summed E-state index contributed by atoms with van der Waals surface area (Å²) in [5.41, 5.74) is 45.0. The summed E-state index contributed by atoms with van der Waals surface area (Å²) in [6, 6.07) is 153. The van der Waals surface area contributed by atoms with Gasteiger partial charge in [-0.05, 0) is 253 Å². The van der Waals surface area contributed by atoms with Gasteiger partial charge in [0.2, 0.25) is 0 Å². The molecule has 2 aliphatic rings. The minimum absolute atomic E-state index is 0.106. The summed E-state index contributed by atoms with van der Waals surface area (Å²) in [6.07, 6.45) is 18.4. The second-order valence-corrected chi connectivity index (χ2v) is 45.2. The van der Waals surface area contributed by atoms with Gasteiger partial charge in [-0.1, -0.05) is 471 Å². The summed E-state index contributed by atoms with van der Waals surface area (Å²) in [6.45, 7) is 28.1. The van der Waals surface area contributed by atoms with Crippen LogP contribution in [0.4, 0.5) is 0 Å². The molecular formula is C142H128N6. The van der Waals surface area contributed by atoms with Crippen molar-refractivity contribution in [1.82, 2.24) is 29.9 Å². The third-order valence-corrected chi connectivity index (χ3v) is 31.4. The molecule has 20 aromatic rings. The van der Waals surface area contributed by atoms with E-state index >= 15 is 0 Å². The molecule has 2 fully saturated rings. The molecule has 726 valence electrons. The monoisotopic (exact) mass is 1920 g/mol. The van der Waals surface area contributed by atoms with E-state index in [-0.39, 0.29) is 57.2 Å². The van der Waals surface area contributed by atoms with Gasteiger partial charge in [0, 0.05) is 98.4 Å². The molecule has 0 radical (unpaired) electrons. The molecule has 0 amide bonds. The quantitative estimate of drug-likeness (QED) is 0.0713. The molecule has 0 aliphatic heterocycles. The maximum absolute atomic E-state index is 5.50. The maximum atomic E-state index is 5.50. The zero-order valence-corrected chi connectivity index (χ0v) is 87.1. The Kier molecular flexibility index (Phi) is 26.9. The van der Waals surface area contributed by atoms with Crippen molar-refractivity contribution in [2.24, 2.45) is 0 Å². The molecule has 5 aromatic heterocycles. The second kappa shape index (κ2) is 41.1. The van der Waals surface area contributed by atoms with Crippen molar-refractivity contribution in [2.75, 3.05) is 0 Å². The minimum atomic E-state index is -0.140. The summed E-state index contributed by atoms with van der Waals surface area (Å²) in [5.74, 6) is 1.37. The Morgan fingerprint density at radius 2 is 0.399 bits per heavy atom. The van der Waals surface area contributed by atoms with Gasteiger partial charge in [-0.25, -0.2) is 9.97 Å². The third-order valence-electron chi connectivity index (χ3n) is 31.4. The lowest BCUT2D eigenvalue weighted by molar-refractivity contribution is 0.352. The van der Waals surface area contributed by atoms with Crippen LogP contribution in [0, 0.1) is 0 Å². The lowest BCUT2D eigenvalue weighted by Gasteiger charge is -2.39. The molecule has 22 rings (SSSR count). The first-order valence-corrected chi connectivity index (χ1v) is 53.0. The number of benzene rings is 15. The molecule has 148 heavy (non-hydrogen) atoms. The fraction of sp³-hybridized carbons (Fsp3) is 0.197. The van der Waals surface area contributed by atoms with Crippen LogP contribution in [-0.2, 0) is 21.7 Å². The molecule has 6 heteroatoms. The van der Waals surface area contributed by atoms with Crippen LogP contribution in [0.25, 0.3) is 168 Å². The Labute approximate surface area is 875 Å². The fourth-order valence-electron chi connectivity index (χ4n) is 23.4. The molecule has 2 saturated carbocycles. The van der Waals surface area contributed by atoms with Gasteiger partial charge < -0.3 is 0 Å². The Balaban J connectivity index is 0.644. The van der Waals surface area contributed by atoms with E-state index in [2.05, 4.69) is 533 Å². The topological polar surface area (TPSA) is 77.3 Å². The highest BCUT2D eigenvalue weighted by Gasteiger charge is 2.40. The Hall–Kier alpha value is -16.0. The molecule has 0 bridgehead atoms. The van der Waals surface area contributed by atoms with Crippen molar-refractivity contribution in [3.05, 3.63) is 505 Å². The first-order valence-electron chi connectivity index (χ1n) is 53.0. The fourth-order valence-corrected chi connectivity index (χ4v) is 23.4. The van der Waals surface area contributed by atoms with Crippen LogP contribution in [0.5, 0.6) is 0 Å². The molecule has 5 heterocycles. The average molecular weight is 1920 g/mol. The molecule has 6 nitrogen and oxygen atoms in total. The summed E-state index contributed by atoms with van der Waals surface area (Å²) in [5, 5.41) is 0. The van der Waals surface area contributed by atoms with Crippen LogP contribution in [0.15, 0.2) is 450 Å². The predicted molar refractivity (Wildman–Crippen MR) is 619 cm³/mol. The van der Waals surface area contributed by atoms with Gasteiger partial charge >= 0.3 is 0 Å². The van der Waals surface area contributed by atoms with Crippen molar-refractivity contribution in [3.8, 4) is 168 Å². The Morgan fingerprint density at radius 1 is 0.155 bits per heavy atom. The number of hydrogen-bond acceptors (Lipinski definition) is 6. The average Bonchev–Trinajstić information content (AvgIpc) is 0.735. The van der Waals surface area contributed by atoms with E-state index in [1.54, 1.807) is 0 Å². The van der Waals surface area contributed by atoms with Gasteiger partial charge in [0.15, 0.2) is 5.82 Å². The number of hydrogen-bond donors (Lipinski definition) is 0. The molecule has 0 N–H and O–H groups in total. The van der Waals surface area contributed by atoms with Crippen molar-refractivity contribution in [2.45, 2.75) is 179 Å².